The molecule has 118 valence electrons. The van der Waals surface area contributed by atoms with Gasteiger partial charge in [0.1, 0.15) is 6.61 Å². The maximum atomic E-state index is 12.2. The molecular formula is C17H20O5. The fourth-order valence-corrected chi connectivity index (χ4v) is 2.13. The Bertz CT molecular complexity index is 562. The number of rotatable bonds is 5. The minimum Gasteiger partial charge on any atom is -0.462 e. The number of hydrogen-bond donors (Lipinski definition) is 0. The number of ether oxygens (including phenoxy) is 3. The molecule has 1 saturated heterocycles. The van der Waals surface area contributed by atoms with Gasteiger partial charge in [0.25, 0.3) is 0 Å². The second kappa shape index (κ2) is 6.75. The van der Waals surface area contributed by atoms with E-state index in [1.807, 2.05) is 44.2 Å². The first-order valence-electron chi connectivity index (χ1n) is 7.07. The summed E-state index contributed by atoms with van der Waals surface area (Å²) in [5.41, 5.74) is 0.409. The molecule has 0 aliphatic carbocycles. The summed E-state index contributed by atoms with van der Waals surface area (Å²) in [7, 11) is 1.42. The van der Waals surface area contributed by atoms with Crippen LogP contribution >= 0.6 is 0 Å². The number of hydrogen-bond acceptors (Lipinski definition) is 5. The minimum absolute atomic E-state index is 0.237. The normalized spacial score (nSPS) is 21.6. The van der Waals surface area contributed by atoms with Crippen molar-refractivity contribution in [1.82, 2.24) is 0 Å². The van der Waals surface area contributed by atoms with E-state index >= 15 is 0 Å². The van der Waals surface area contributed by atoms with Crippen LogP contribution in [0.5, 0.6) is 0 Å². The topological polar surface area (TPSA) is 61.8 Å². The van der Waals surface area contributed by atoms with Gasteiger partial charge in [-0.2, -0.15) is 0 Å². The lowest BCUT2D eigenvalue weighted by Crippen LogP contribution is -2.38. The highest BCUT2D eigenvalue weighted by molar-refractivity contribution is 5.84. The van der Waals surface area contributed by atoms with Gasteiger partial charge in [0, 0.05) is 12.5 Å². The van der Waals surface area contributed by atoms with Crippen LogP contribution in [0.2, 0.25) is 0 Å². The number of esters is 2. The molecule has 1 fully saturated rings. The Balaban J connectivity index is 2.03. The van der Waals surface area contributed by atoms with Crippen LogP contribution in [0.4, 0.5) is 0 Å². The Morgan fingerprint density at radius 1 is 1.36 bits per heavy atom. The average Bonchev–Trinajstić information content (AvgIpc) is 2.76. The first kappa shape index (κ1) is 16.2. The summed E-state index contributed by atoms with van der Waals surface area (Å²) in [5, 5.41) is 0. The molecule has 0 radical (unpaired) electrons. The number of cyclic esters (lactones) is 1. The molecule has 1 aromatic rings. The molecule has 5 nitrogen and oxygen atoms in total. The Kier molecular flexibility index (Phi) is 4.98. The van der Waals surface area contributed by atoms with Crippen molar-refractivity contribution in [1.29, 1.82) is 0 Å². The van der Waals surface area contributed by atoms with Crippen molar-refractivity contribution in [2.45, 2.75) is 26.1 Å². The fourth-order valence-electron chi connectivity index (χ4n) is 2.13. The Morgan fingerprint density at radius 3 is 2.59 bits per heavy atom. The Labute approximate surface area is 129 Å². The van der Waals surface area contributed by atoms with Crippen molar-refractivity contribution in [3.63, 3.8) is 0 Å². The lowest BCUT2D eigenvalue weighted by Gasteiger charge is -2.23. The second-order valence-corrected chi connectivity index (χ2v) is 5.84. The van der Waals surface area contributed by atoms with Crippen LogP contribution in [0.3, 0.4) is 0 Å². The minimum atomic E-state index is -0.900. The Morgan fingerprint density at radius 2 is 2.05 bits per heavy atom. The van der Waals surface area contributed by atoms with Gasteiger partial charge < -0.3 is 14.2 Å². The highest BCUT2D eigenvalue weighted by Crippen LogP contribution is 2.31. The molecule has 0 amide bonds. The van der Waals surface area contributed by atoms with Crippen LogP contribution in [0.1, 0.15) is 19.4 Å². The maximum absolute atomic E-state index is 12.2. The molecule has 2 rings (SSSR count). The average molecular weight is 304 g/mol. The van der Waals surface area contributed by atoms with E-state index in [0.29, 0.717) is 0 Å². The molecule has 0 bridgehead atoms. The number of benzene rings is 1. The molecule has 0 N–H and O–H groups in total. The predicted octanol–water partition coefficient (Wildman–Crippen LogP) is 2.21. The first-order valence-corrected chi connectivity index (χ1v) is 7.07. The van der Waals surface area contributed by atoms with Crippen molar-refractivity contribution >= 4 is 18.0 Å². The van der Waals surface area contributed by atoms with E-state index in [1.54, 1.807) is 12.2 Å². The summed E-state index contributed by atoms with van der Waals surface area (Å²) in [5.74, 6) is -1.12. The third-order valence-electron chi connectivity index (χ3n) is 3.49. The predicted molar refractivity (Wildman–Crippen MR) is 80.9 cm³/mol. The van der Waals surface area contributed by atoms with E-state index in [4.69, 9.17) is 14.2 Å². The van der Waals surface area contributed by atoms with E-state index in [-0.39, 0.29) is 6.61 Å². The zero-order chi connectivity index (χ0) is 16.2. The van der Waals surface area contributed by atoms with Gasteiger partial charge in [-0.25, -0.2) is 9.59 Å². The number of carbonyl (C=O) groups is 2. The third-order valence-corrected chi connectivity index (χ3v) is 3.49. The van der Waals surface area contributed by atoms with Crippen molar-refractivity contribution in [3.8, 4) is 0 Å². The lowest BCUT2D eigenvalue weighted by atomic mass is 9.90. The summed E-state index contributed by atoms with van der Waals surface area (Å²) >= 11 is 0. The van der Waals surface area contributed by atoms with E-state index < -0.39 is 29.6 Å². The van der Waals surface area contributed by atoms with E-state index in [2.05, 4.69) is 0 Å². The van der Waals surface area contributed by atoms with Gasteiger partial charge in [-0.3, -0.25) is 0 Å². The van der Waals surface area contributed by atoms with Gasteiger partial charge in [-0.05, 0) is 11.6 Å². The number of methoxy groups -OCH3 is 1. The summed E-state index contributed by atoms with van der Waals surface area (Å²) in [6.07, 6.45) is 1.60. The molecule has 0 aromatic heterocycles. The first-order chi connectivity index (χ1) is 10.4. The SMILES string of the molecule is CO[C@@H](/C=C/c1ccccc1)C(=O)O[C@@H]1C(=O)OCC1(C)C. The molecule has 1 aromatic carbocycles. The lowest BCUT2D eigenvalue weighted by molar-refractivity contribution is -0.168. The van der Waals surface area contributed by atoms with Crippen molar-refractivity contribution in [2.24, 2.45) is 5.41 Å². The zero-order valence-corrected chi connectivity index (χ0v) is 12.9. The summed E-state index contributed by atoms with van der Waals surface area (Å²) in [6, 6.07) is 9.53. The molecule has 1 aliphatic rings. The molecule has 0 spiro atoms. The van der Waals surface area contributed by atoms with Gasteiger partial charge in [0.2, 0.25) is 6.10 Å². The van der Waals surface area contributed by atoms with E-state index in [0.717, 1.165) is 5.56 Å². The second-order valence-electron chi connectivity index (χ2n) is 5.84. The molecular weight excluding hydrogens is 284 g/mol. The summed E-state index contributed by atoms with van der Waals surface area (Å²) in [6.45, 7) is 3.87. The summed E-state index contributed by atoms with van der Waals surface area (Å²) < 4.78 is 15.4. The number of carbonyl (C=O) groups excluding carboxylic acids is 2. The van der Waals surface area contributed by atoms with Crippen molar-refractivity contribution in [3.05, 3.63) is 42.0 Å². The molecule has 5 heteroatoms. The summed E-state index contributed by atoms with van der Waals surface area (Å²) in [4.78, 5) is 23.8. The van der Waals surface area contributed by atoms with Crippen LogP contribution in [0, 0.1) is 5.41 Å². The van der Waals surface area contributed by atoms with Gasteiger partial charge in [0.15, 0.2) is 6.10 Å². The highest BCUT2D eigenvalue weighted by Gasteiger charge is 2.47. The van der Waals surface area contributed by atoms with Crippen molar-refractivity contribution in [2.75, 3.05) is 13.7 Å². The van der Waals surface area contributed by atoms with Crippen LogP contribution in [-0.2, 0) is 23.8 Å². The van der Waals surface area contributed by atoms with Gasteiger partial charge in [0.05, 0.1) is 0 Å². The molecule has 1 heterocycles. The van der Waals surface area contributed by atoms with E-state index in [1.165, 1.54) is 7.11 Å². The highest BCUT2D eigenvalue weighted by atomic mass is 16.6. The quantitative estimate of drug-likeness (QED) is 0.781. The van der Waals surface area contributed by atoms with Crippen molar-refractivity contribution < 1.29 is 23.8 Å². The van der Waals surface area contributed by atoms with Gasteiger partial charge >= 0.3 is 11.9 Å². The van der Waals surface area contributed by atoms with E-state index in [9.17, 15) is 9.59 Å². The molecule has 22 heavy (non-hydrogen) atoms. The fraction of sp³-hybridized carbons (Fsp3) is 0.412. The zero-order valence-electron chi connectivity index (χ0n) is 12.9. The van der Waals surface area contributed by atoms with Gasteiger partial charge in [-0.15, -0.1) is 0 Å². The molecule has 0 saturated carbocycles. The smallest absolute Gasteiger partial charge is 0.348 e. The van der Waals surface area contributed by atoms with Crippen LogP contribution in [0.25, 0.3) is 6.08 Å². The Hall–Kier alpha value is -2.14. The standard InChI is InChI=1S/C17H20O5/c1-17(2)11-21-16(19)14(17)22-15(18)13(20-3)10-9-12-7-5-4-6-8-12/h4-10,13-14H,11H2,1-3H3/b10-9+/t13-,14+/m0/s1. The molecule has 2 atom stereocenters. The van der Waals surface area contributed by atoms with Crippen LogP contribution < -0.4 is 0 Å². The monoisotopic (exact) mass is 304 g/mol. The molecule has 0 unspecified atom stereocenters. The molecule has 1 aliphatic heterocycles. The largest absolute Gasteiger partial charge is 0.462 e. The van der Waals surface area contributed by atoms with Crippen LogP contribution in [0.15, 0.2) is 36.4 Å². The van der Waals surface area contributed by atoms with Gasteiger partial charge in [-0.1, -0.05) is 50.3 Å². The van der Waals surface area contributed by atoms with Crippen LogP contribution in [-0.4, -0.2) is 37.9 Å². The third kappa shape index (κ3) is 3.74. The maximum Gasteiger partial charge on any atom is 0.348 e.